The third-order valence-electron chi connectivity index (χ3n) is 5.49. The van der Waals surface area contributed by atoms with Crippen molar-refractivity contribution in [2.24, 2.45) is 0 Å². The summed E-state index contributed by atoms with van der Waals surface area (Å²) < 4.78 is 5.51. The van der Waals surface area contributed by atoms with Crippen LogP contribution in [0.25, 0.3) is 0 Å². The van der Waals surface area contributed by atoms with Gasteiger partial charge in [-0.25, -0.2) is 9.78 Å². The smallest absolute Gasteiger partial charge is 0.315 e. The van der Waals surface area contributed by atoms with Gasteiger partial charge in [-0.1, -0.05) is 0 Å². The second-order valence-corrected chi connectivity index (χ2v) is 7.51. The zero-order valence-corrected chi connectivity index (χ0v) is 13.9. The summed E-state index contributed by atoms with van der Waals surface area (Å²) in [4.78, 5) is 25.1. The Bertz CT molecular complexity index is 695. The van der Waals surface area contributed by atoms with E-state index in [1.807, 2.05) is 4.90 Å². The number of anilines is 2. The summed E-state index contributed by atoms with van der Waals surface area (Å²) >= 11 is 0. The standard InChI is InChI=1S/C16H22N6O3/c23-11-4-21(5-11)14-18-12(10-1-2-25-6-10)3-13(19-14)22-8-16(9-22)7-17-15(24)20-16/h3,10-11,23H,1-2,4-9H2,(H2,17,20,24)/t10-/m0/s1. The van der Waals surface area contributed by atoms with Gasteiger partial charge >= 0.3 is 6.03 Å². The molecular formula is C16H22N6O3. The highest BCUT2D eigenvalue weighted by Crippen LogP contribution is 2.33. The molecule has 1 aromatic rings. The Kier molecular flexibility index (Phi) is 3.29. The zero-order valence-electron chi connectivity index (χ0n) is 13.9. The molecule has 3 N–H and O–H groups in total. The lowest BCUT2D eigenvalue weighted by Gasteiger charge is -2.48. The SMILES string of the molecule is O=C1NCC2(CN(c3cc([C@H]4CCOC4)nc(N4CC(O)C4)n3)C2)N1. The van der Waals surface area contributed by atoms with Crippen molar-refractivity contribution in [3.63, 3.8) is 0 Å². The van der Waals surface area contributed by atoms with E-state index in [-0.39, 0.29) is 17.7 Å². The fourth-order valence-corrected chi connectivity index (χ4v) is 3.95. The maximum absolute atomic E-state index is 11.4. The van der Waals surface area contributed by atoms with Gasteiger partial charge in [0.1, 0.15) is 5.82 Å². The second-order valence-electron chi connectivity index (χ2n) is 7.51. The van der Waals surface area contributed by atoms with Crippen LogP contribution < -0.4 is 20.4 Å². The molecule has 25 heavy (non-hydrogen) atoms. The molecule has 0 radical (unpaired) electrons. The average Bonchev–Trinajstić information content (AvgIpc) is 3.19. The summed E-state index contributed by atoms with van der Waals surface area (Å²) in [7, 11) is 0. The molecule has 9 nitrogen and oxygen atoms in total. The third kappa shape index (κ3) is 2.58. The lowest BCUT2D eigenvalue weighted by atomic mass is 9.91. The molecule has 4 aliphatic heterocycles. The second kappa shape index (κ2) is 5.43. The molecule has 1 atom stereocenters. The van der Waals surface area contributed by atoms with Crippen molar-refractivity contribution in [3.05, 3.63) is 11.8 Å². The van der Waals surface area contributed by atoms with Crippen LogP contribution >= 0.6 is 0 Å². The Labute approximate surface area is 145 Å². The molecule has 5 rings (SSSR count). The van der Waals surface area contributed by atoms with Crippen LogP contribution in [0.3, 0.4) is 0 Å². The molecule has 1 spiro atoms. The van der Waals surface area contributed by atoms with E-state index in [0.29, 0.717) is 38.1 Å². The molecule has 4 aliphatic rings. The van der Waals surface area contributed by atoms with Crippen molar-refractivity contribution >= 4 is 17.8 Å². The molecule has 0 saturated carbocycles. The van der Waals surface area contributed by atoms with Crippen molar-refractivity contribution in [1.29, 1.82) is 0 Å². The van der Waals surface area contributed by atoms with E-state index in [1.165, 1.54) is 0 Å². The van der Waals surface area contributed by atoms with Crippen molar-refractivity contribution in [1.82, 2.24) is 20.6 Å². The normalized spacial score (nSPS) is 27.9. The van der Waals surface area contributed by atoms with Crippen LogP contribution in [-0.4, -0.2) is 78.7 Å². The van der Waals surface area contributed by atoms with Crippen molar-refractivity contribution in [2.75, 3.05) is 55.7 Å². The molecule has 4 fully saturated rings. The number of carbonyl (C=O) groups is 1. The Balaban J connectivity index is 1.39. The number of aliphatic hydroxyl groups excluding tert-OH is 1. The largest absolute Gasteiger partial charge is 0.389 e. The van der Waals surface area contributed by atoms with Crippen LogP contribution in [0.5, 0.6) is 0 Å². The van der Waals surface area contributed by atoms with Gasteiger partial charge in [0.15, 0.2) is 0 Å². The Hall–Kier alpha value is -2.13. The number of aromatic nitrogens is 2. The maximum atomic E-state index is 11.4. The fourth-order valence-electron chi connectivity index (χ4n) is 3.95. The topological polar surface area (TPSA) is 103 Å². The summed E-state index contributed by atoms with van der Waals surface area (Å²) in [6, 6.07) is 1.96. The van der Waals surface area contributed by atoms with Gasteiger partial charge in [-0.2, -0.15) is 4.98 Å². The summed E-state index contributed by atoms with van der Waals surface area (Å²) in [6.45, 7) is 4.76. The van der Waals surface area contributed by atoms with E-state index in [1.54, 1.807) is 0 Å². The van der Waals surface area contributed by atoms with Gasteiger partial charge in [0, 0.05) is 51.3 Å². The summed E-state index contributed by atoms with van der Waals surface area (Å²) in [6.07, 6.45) is 0.681. The number of β-amino-alcohol motifs (C(OH)–C–C–N with tert-alkyl or cyclic N) is 1. The van der Waals surface area contributed by atoms with Crippen molar-refractivity contribution < 1.29 is 14.6 Å². The number of rotatable bonds is 3. The Morgan fingerprint density at radius 2 is 2.12 bits per heavy atom. The van der Waals surface area contributed by atoms with Gasteiger partial charge in [-0.15, -0.1) is 0 Å². The van der Waals surface area contributed by atoms with Gasteiger partial charge in [0.25, 0.3) is 0 Å². The van der Waals surface area contributed by atoms with E-state index < -0.39 is 0 Å². The van der Waals surface area contributed by atoms with Gasteiger partial charge in [0.2, 0.25) is 5.95 Å². The number of hydrogen-bond donors (Lipinski definition) is 3. The minimum Gasteiger partial charge on any atom is -0.389 e. The molecule has 0 aromatic carbocycles. The first kappa shape index (κ1) is 15.2. The first-order valence-corrected chi connectivity index (χ1v) is 8.81. The lowest BCUT2D eigenvalue weighted by molar-refractivity contribution is 0.140. The van der Waals surface area contributed by atoms with Crippen LogP contribution in [0.4, 0.5) is 16.6 Å². The number of hydrogen-bond acceptors (Lipinski definition) is 7. The van der Waals surface area contributed by atoms with Crippen LogP contribution in [-0.2, 0) is 4.74 Å². The molecule has 0 aliphatic carbocycles. The molecule has 2 amide bonds. The number of aliphatic hydroxyl groups is 1. The minimum atomic E-state index is -0.294. The minimum absolute atomic E-state index is 0.0959. The monoisotopic (exact) mass is 346 g/mol. The fraction of sp³-hybridized carbons (Fsp3) is 0.688. The van der Waals surface area contributed by atoms with E-state index in [2.05, 4.69) is 21.6 Å². The van der Waals surface area contributed by atoms with Gasteiger partial charge in [-0.05, 0) is 6.42 Å². The molecule has 5 heterocycles. The van der Waals surface area contributed by atoms with E-state index >= 15 is 0 Å². The summed E-state index contributed by atoms with van der Waals surface area (Å²) in [5, 5.41) is 15.4. The van der Waals surface area contributed by atoms with E-state index in [0.717, 1.165) is 37.6 Å². The number of urea groups is 1. The van der Waals surface area contributed by atoms with Crippen molar-refractivity contribution in [3.8, 4) is 0 Å². The highest BCUT2D eigenvalue weighted by atomic mass is 16.5. The van der Waals surface area contributed by atoms with Gasteiger partial charge in [0.05, 0.1) is 23.9 Å². The molecule has 1 aromatic heterocycles. The molecule has 4 saturated heterocycles. The first-order chi connectivity index (χ1) is 12.1. The third-order valence-corrected chi connectivity index (χ3v) is 5.49. The van der Waals surface area contributed by atoms with Crippen molar-refractivity contribution in [2.45, 2.75) is 24.0 Å². The van der Waals surface area contributed by atoms with Gasteiger partial charge in [-0.3, -0.25) is 0 Å². The van der Waals surface area contributed by atoms with Crippen LogP contribution in [0.1, 0.15) is 18.0 Å². The molecule has 9 heteroatoms. The maximum Gasteiger partial charge on any atom is 0.315 e. The number of nitrogens with zero attached hydrogens (tertiary/aromatic N) is 4. The first-order valence-electron chi connectivity index (χ1n) is 8.81. The number of ether oxygens (including phenoxy) is 1. The zero-order chi connectivity index (χ0) is 17.0. The lowest BCUT2D eigenvalue weighted by Crippen LogP contribution is -2.69. The molecule has 0 bridgehead atoms. The van der Waals surface area contributed by atoms with Gasteiger partial charge < -0.3 is 30.3 Å². The quantitative estimate of drug-likeness (QED) is 0.647. The van der Waals surface area contributed by atoms with Crippen LogP contribution in [0.2, 0.25) is 0 Å². The molecular weight excluding hydrogens is 324 g/mol. The predicted molar refractivity (Wildman–Crippen MR) is 89.9 cm³/mol. The molecule has 134 valence electrons. The molecule has 0 unspecified atom stereocenters. The number of carbonyl (C=O) groups excluding carboxylic acids is 1. The van der Waals surface area contributed by atoms with Crippen LogP contribution in [0, 0.1) is 0 Å². The highest BCUT2D eigenvalue weighted by Gasteiger charge is 2.48. The highest BCUT2D eigenvalue weighted by molar-refractivity contribution is 5.78. The Morgan fingerprint density at radius 3 is 2.76 bits per heavy atom. The average molecular weight is 346 g/mol. The predicted octanol–water partition coefficient (Wildman–Crippen LogP) is -0.967. The van der Waals surface area contributed by atoms with E-state index in [4.69, 9.17) is 14.7 Å². The van der Waals surface area contributed by atoms with E-state index in [9.17, 15) is 9.90 Å². The Morgan fingerprint density at radius 1 is 1.28 bits per heavy atom. The summed E-state index contributed by atoms with van der Waals surface area (Å²) in [5.74, 6) is 1.87. The van der Waals surface area contributed by atoms with Crippen LogP contribution in [0.15, 0.2) is 6.07 Å². The number of nitrogens with one attached hydrogen (secondary N) is 2. The summed E-state index contributed by atoms with van der Waals surface area (Å²) in [5.41, 5.74) is 0.833. The number of amides is 2.